The zero-order chi connectivity index (χ0) is 32.0. The Morgan fingerprint density at radius 2 is 1.63 bits per heavy atom. The average molecular weight is 642 g/mol. The first-order chi connectivity index (χ1) is 22.0. The van der Waals surface area contributed by atoms with Gasteiger partial charge >= 0.3 is 0 Å². The highest BCUT2D eigenvalue weighted by molar-refractivity contribution is 7.85. The third kappa shape index (κ3) is 4.44. The fourth-order valence-electron chi connectivity index (χ4n) is 8.05. The minimum Gasteiger partial charge on any atom is -0.341 e. The lowest BCUT2D eigenvalue weighted by Gasteiger charge is -2.39. The van der Waals surface area contributed by atoms with Gasteiger partial charge in [0.25, 0.3) is 10.1 Å². The van der Waals surface area contributed by atoms with Crippen molar-refractivity contribution in [1.29, 1.82) is 0 Å². The van der Waals surface area contributed by atoms with Crippen LogP contribution in [0.25, 0.3) is 5.57 Å². The van der Waals surface area contributed by atoms with E-state index in [9.17, 15) is 13.0 Å². The summed E-state index contributed by atoms with van der Waals surface area (Å²) in [5.74, 6) is 0. The largest absolute Gasteiger partial charge is 0.341 e. The van der Waals surface area contributed by atoms with Crippen molar-refractivity contribution in [3.63, 3.8) is 0 Å². The summed E-state index contributed by atoms with van der Waals surface area (Å²) in [4.78, 5) is 2.43. The van der Waals surface area contributed by atoms with Crippen molar-refractivity contribution in [3.8, 4) is 0 Å². The molecule has 0 radical (unpaired) electrons. The molecule has 7 heteroatoms. The van der Waals surface area contributed by atoms with E-state index in [-0.39, 0.29) is 4.90 Å². The lowest BCUT2D eigenvalue weighted by atomic mass is 9.85. The molecule has 3 aliphatic heterocycles. The Labute approximate surface area is 272 Å². The highest BCUT2D eigenvalue weighted by Crippen LogP contribution is 2.45. The van der Waals surface area contributed by atoms with E-state index in [2.05, 4.69) is 115 Å². The van der Waals surface area contributed by atoms with Crippen LogP contribution in [0.15, 0.2) is 113 Å². The van der Waals surface area contributed by atoms with Gasteiger partial charge in [-0.15, -0.1) is 0 Å². The smallest absolute Gasteiger partial charge is 0.294 e. The summed E-state index contributed by atoms with van der Waals surface area (Å²) in [5, 5.41) is 2.87. The molecule has 0 saturated carbocycles. The summed E-state index contributed by atoms with van der Waals surface area (Å²) >= 11 is 0. The Hall–Kier alpha value is -4.30. The van der Waals surface area contributed by atoms with Gasteiger partial charge in [0.15, 0.2) is 6.54 Å². The van der Waals surface area contributed by atoms with Crippen molar-refractivity contribution in [2.75, 3.05) is 18.0 Å². The molecule has 0 fully saturated rings. The summed E-state index contributed by atoms with van der Waals surface area (Å²) in [7, 11) is -6.46. The van der Waals surface area contributed by atoms with Gasteiger partial charge < -0.3 is 4.90 Å². The molecule has 5 nitrogen and oxygen atoms in total. The molecule has 230 valence electrons. The van der Waals surface area contributed by atoms with E-state index < -0.39 is 18.2 Å². The number of anilines is 2. The van der Waals surface area contributed by atoms with Crippen LogP contribution >= 0.6 is 0 Å². The van der Waals surface area contributed by atoms with Crippen molar-refractivity contribution >= 4 is 51.7 Å². The minimum atomic E-state index is -4.25. The molecule has 0 unspecified atom stereocenters. The number of hydrogen-bond acceptors (Lipinski definition) is 3. The standard InChI is InChI=1S/C39H36N2O3SSi/c1-25-8-7-9-26(2)38(25)39-32-15-12-29(40-20-18-27-10-5-6-11-34(27)40)23-36(32)46(3,4)37-24-30(13-16-33(37)39)41-21-19-28-22-31(45(42,43)44)14-17-35(28)41/h5-17,22-24H,18-21H2,1-4H3/p+1. The highest BCUT2D eigenvalue weighted by atomic mass is 32.2. The number of hydrogen-bond donors (Lipinski definition) is 1. The van der Waals surface area contributed by atoms with Crippen LogP contribution in [0.3, 0.4) is 0 Å². The molecule has 1 aliphatic carbocycles. The van der Waals surface area contributed by atoms with Gasteiger partial charge in [-0.25, -0.2) is 0 Å². The van der Waals surface area contributed by atoms with Gasteiger partial charge in [0.1, 0.15) is 8.07 Å². The maximum absolute atomic E-state index is 11.8. The molecule has 8 rings (SSSR count). The summed E-state index contributed by atoms with van der Waals surface area (Å²) in [6.45, 7) is 11.1. The molecule has 0 amide bonds. The molecular formula is C39H37N2O3SSi+. The van der Waals surface area contributed by atoms with Crippen molar-refractivity contribution in [2.24, 2.45) is 0 Å². The van der Waals surface area contributed by atoms with Crippen LogP contribution in [0.5, 0.6) is 0 Å². The molecule has 0 bridgehead atoms. The Morgan fingerprint density at radius 3 is 2.41 bits per heavy atom. The second kappa shape index (κ2) is 10.4. The van der Waals surface area contributed by atoms with Gasteiger partial charge in [0.05, 0.1) is 4.90 Å². The monoisotopic (exact) mass is 641 g/mol. The van der Waals surface area contributed by atoms with Gasteiger partial charge in [0.2, 0.25) is 11.4 Å². The number of rotatable bonds is 3. The Kier molecular flexibility index (Phi) is 6.56. The molecule has 0 atom stereocenters. The van der Waals surface area contributed by atoms with E-state index in [0.717, 1.165) is 42.9 Å². The van der Waals surface area contributed by atoms with E-state index in [1.807, 2.05) is 6.07 Å². The van der Waals surface area contributed by atoms with E-state index in [4.69, 9.17) is 0 Å². The summed E-state index contributed by atoms with van der Waals surface area (Å²) < 4.78 is 35.6. The molecule has 1 N–H and O–H groups in total. The molecular weight excluding hydrogens is 605 g/mol. The first-order valence-electron chi connectivity index (χ1n) is 16.0. The lowest BCUT2D eigenvalue weighted by molar-refractivity contribution is -0.427. The van der Waals surface area contributed by atoms with E-state index in [0.29, 0.717) is 0 Å². The predicted octanol–water partition coefficient (Wildman–Crippen LogP) is 7.35. The molecule has 3 heterocycles. The normalized spacial score (nSPS) is 19.5. The first kappa shape index (κ1) is 29.1. The average Bonchev–Trinajstić information content (AvgIpc) is 3.66. The van der Waals surface area contributed by atoms with Gasteiger partial charge in [-0.1, -0.05) is 55.6 Å². The van der Waals surface area contributed by atoms with Gasteiger partial charge in [-0.2, -0.15) is 13.0 Å². The van der Waals surface area contributed by atoms with E-state index >= 15 is 0 Å². The third-order valence-corrected chi connectivity index (χ3v) is 14.7. The van der Waals surface area contributed by atoms with Crippen LogP contribution in [0, 0.1) is 13.8 Å². The SMILES string of the molecule is Cc1cccc(C)c1C1=C2C=CC(=[N+]3CCc4cc(S(=O)(=O)O)ccc43)C=C2[Si](C)(C)c2cc(N3CCc4ccccc43)ccc21. The molecule has 4 aromatic carbocycles. The minimum absolute atomic E-state index is 0.0482. The van der Waals surface area contributed by atoms with Crippen LogP contribution in [0.2, 0.25) is 13.1 Å². The number of para-hydroxylation sites is 1. The van der Waals surface area contributed by atoms with Crippen LogP contribution in [0.4, 0.5) is 17.1 Å². The summed E-state index contributed by atoms with van der Waals surface area (Å²) in [6.07, 6.45) is 8.73. The number of fused-ring (bicyclic) bond motifs is 4. The van der Waals surface area contributed by atoms with Crippen molar-refractivity contribution in [2.45, 2.75) is 44.7 Å². The fraction of sp³-hybridized carbons (Fsp3) is 0.205. The Morgan fingerprint density at radius 1 is 0.848 bits per heavy atom. The second-order valence-corrected chi connectivity index (χ2v) is 19.2. The third-order valence-electron chi connectivity index (χ3n) is 10.4. The van der Waals surface area contributed by atoms with Gasteiger partial charge in [-0.3, -0.25) is 4.55 Å². The quantitative estimate of drug-likeness (QED) is 0.144. The second-order valence-electron chi connectivity index (χ2n) is 13.4. The number of nitrogens with zero attached hydrogens (tertiary/aromatic N) is 2. The van der Waals surface area contributed by atoms with Crippen molar-refractivity contribution in [1.82, 2.24) is 0 Å². The first-order valence-corrected chi connectivity index (χ1v) is 20.4. The van der Waals surface area contributed by atoms with Crippen LogP contribution in [-0.4, -0.2) is 44.4 Å². The van der Waals surface area contributed by atoms with Crippen molar-refractivity contribution < 1.29 is 17.5 Å². The Bertz CT molecular complexity index is 2220. The van der Waals surface area contributed by atoms with Crippen LogP contribution < -0.4 is 10.1 Å². The highest BCUT2D eigenvalue weighted by Gasteiger charge is 2.42. The molecule has 4 aromatic rings. The van der Waals surface area contributed by atoms with Crippen LogP contribution in [-0.2, 0) is 23.0 Å². The maximum Gasteiger partial charge on any atom is 0.294 e. The summed E-state index contributed by atoms with van der Waals surface area (Å²) in [5.41, 5.74) is 14.9. The Balaban J connectivity index is 1.34. The molecule has 4 aliphatic rings. The van der Waals surface area contributed by atoms with Gasteiger partial charge in [-0.05, 0) is 106 Å². The molecule has 0 spiro atoms. The zero-order valence-electron chi connectivity index (χ0n) is 26.6. The van der Waals surface area contributed by atoms with Gasteiger partial charge in [0, 0.05) is 48.1 Å². The zero-order valence-corrected chi connectivity index (χ0v) is 28.4. The van der Waals surface area contributed by atoms with E-state index in [1.165, 1.54) is 66.8 Å². The fourth-order valence-corrected chi connectivity index (χ4v) is 11.7. The number of aryl methyl sites for hydroxylation is 2. The number of allylic oxidation sites excluding steroid dienone is 5. The predicted molar refractivity (Wildman–Crippen MR) is 190 cm³/mol. The summed E-state index contributed by atoms with van der Waals surface area (Å²) in [6, 6.07) is 27.5. The van der Waals surface area contributed by atoms with E-state index in [1.54, 1.807) is 6.07 Å². The maximum atomic E-state index is 11.8. The van der Waals surface area contributed by atoms with Crippen molar-refractivity contribution in [3.05, 3.63) is 141 Å². The molecule has 0 saturated heterocycles. The topological polar surface area (TPSA) is 60.6 Å². The molecule has 0 aromatic heterocycles. The number of benzene rings is 4. The van der Waals surface area contributed by atoms with Crippen LogP contribution in [0.1, 0.15) is 33.4 Å². The lowest BCUT2D eigenvalue weighted by Crippen LogP contribution is -2.49. The molecule has 46 heavy (non-hydrogen) atoms.